The summed E-state index contributed by atoms with van der Waals surface area (Å²) in [6.45, 7) is 0. The van der Waals surface area contributed by atoms with Crippen LogP contribution in [0.2, 0.25) is 0 Å². The molecule has 2 N–H and O–H groups in total. The van der Waals surface area contributed by atoms with Gasteiger partial charge in [-0.3, -0.25) is 0 Å². The van der Waals surface area contributed by atoms with Gasteiger partial charge in [0.15, 0.2) is 0 Å². The predicted octanol–water partition coefficient (Wildman–Crippen LogP) is 1.60. The van der Waals surface area contributed by atoms with Gasteiger partial charge in [-0.1, -0.05) is 0 Å². The number of nitriles is 1. The van der Waals surface area contributed by atoms with Gasteiger partial charge in [-0.05, 0) is 37.8 Å². The smallest absolute Gasteiger partial charge is 0.231 e. The van der Waals surface area contributed by atoms with Gasteiger partial charge in [-0.25, -0.2) is 4.98 Å². The zero-order valence-corrected chi connectivity index (χ0v) is 9.10. The SMILES string of the molecule is N#Cc1cccnc1O[C@H]1CC[C@H](N)CC1. The van der Waals surface area contributed by atoms with E-state index in [1.165, 1.54) is 0 Å². The Hall–Kier alpha value is -1.60. The first-order valence-electron chi connectivity index (χ1n) is 5.57. The number of rotatable bonds is 2. The fourth-order valence-electron chi connectivity index (χ4n) is 1.93. The minimum atomic E-state index is 0.154. The highest BCUT2D eigenvalue weighted by atomic mass is 16.5. The van der Waals surface area contributed by atoms with E-state index in [0.29, 0.717) is 17.5 Å². The molecule has 0 aliphatic heterocycles. The molecule has 1 aromatic heterocycles. The molecule has 0 amide bonds. The van der Waals surface area contributed by atoms with Crippen LogP contribution in [0.5, 0.6) is 5.88 Å². The number of pyridine rings is 1. The van der Waals surface area contributed by atoms with Crippen LogP contribution in [0.1, 0.15) is 31.2 Å². The van der Waals surface area contributed by atoms with Crippen LogP contribution in [0.15, 0.2) is 18.3 Å². The Balaban J connectivity index is 2.01. The molecule has 0 atom stereocenters. The van der Waals surface area contributed by atoms with Gasteiger partial charge in [0.1, 0.15) is 17.7 Å². The summed E-state index contributed by atoms with van der Waals surface area (Å²) >= 11 is 0. The van der Waals surface area contributed by atoms with Crippen LogP contribution in [0.4, 0.5) is 0 Å². The Morgan fingerprint density at radius 1 is 1.38 bits per heavy atom. The summed E-state index contributed by atoms with van der Waals surface area (Å²) in [7, 11) is 0. The molecule has 0 saturated heterocycles. The van der Waals surface area contributed by atoms with E-state index in [1.54, 1.807) is 18.3 Å². The van der Waals surface area contributed by atoms with Gasteiger partial charge in [0.25, 0.3) is 0 Å². The number of ether oxygens (including phenoxy) is 1. The van der Waals surface area contributed by atoms with Gasteiger partial charge >= 0.3 is 0 Å². The van der Waals surface area contributed by atoms with Crippen LogP contribution in [-0.4, -0.2) is 17.1 Å². The highest BCUT2D eigenvalue weighted by Crippen LogP contribution is 2.23. The third-order valence-electron chi connectivity index (χ3n) is 2.89. The molecule has 1 aromatic rings. The van der Waals surface area contributed by atoms with E-state index in [-0.39, 0.29) is 6.10 Å². The fourth-order valence-corrected chi connectivity index (χ4v) is 1.93. The summed E-state index contributed by atoms with van der Waals surface area (Å²) in [6.07, 6.45) is 5.66. The second-order valence-electron chi connectivity index (χ2n) is 4.12. The first-order chi connectivity index (χ1) is 7.79. The molecular formula is C12H15N3O. The summed E-state index contributed by atoms with van der Waals surface area (Å²) < 4.78 is 5.74. The van der Waals surface area contributed by atoms with E-state index in [0.717, 1.165) is 25.7 Å². The third kappa shape index (κ3) is 2.50. The fraction of sp³-hybridized carbons (Fsp3) is 0.500. The largest absolute Gasteiger partial charge is 0.473 e. The molecule has 0 unspecified atom stereocenters. The Labute approximate surface area is 95.0 Å². The molecule has 1 fully saturated rings. The molecule has 1 aliphatic rings. The zero-order chi connectivity index (χ0) is 11.4. The summed E-state index contributed by atoms with van der Waals surface area (Å²) in [4.78, 5) is 4.09. The molecule has 1 heterocycles. The lowest BCUT2D eigenvalue weighted by atomic mass is 9.94. The molecule has 84 valence electrons. The quantitative estimate of drug-likeness (QED) is 0.816. The maximum atomic E-state index is 8.90. The van der Waals surface area contributed by atoms with Crippen molar-refractivity contribution in [1.82, 2.24) is 4.98 Å². The lowest BCUT2D eigenvalue weighted by Gasteiger charge is -2.26. The molecular weight excluding hydrogens is 202 g/mol. The molecule has 1 aliphatic carbocycles. The second kappa shape index (κ2) is 4.95. The zero-order valence-electron chi connectivity index (χ0n) is 9.10. The minimum Gasteiger partial charge on any atom is -0.473 e. The highest BCUT2D eigenvalue weighted by Gasteiger charge is 2.21. The molecule has 1 saturated carbocycles. The summed E-state index contributed by atoms with van der Waals surface area (Å²) in [5.41, 5.74) is 6.32. The molecule has 0 radical (unpaired) electrons. The topological polar surface area (TPSA) is 71.9 Å². The molecule has 4 nitrogen and oxygen atoms in total. The molecule has 0 aromatic carbocycles. The van der Waals surface area contributed by atoms with E-state index in [1.807, 2.05) is 0 Å². The third-order valence-corrected chi connectivity index (χ3v) is 2.89. The van der Waals surface area contributed by atoms with Crippen molar-refractivity contribution in [2.45, 2.75) is 37.8 Å². The van der Waals surface area contributed by atoms with E-state index < -0.39 is 0 Å². The lowest BCUT2D eigenvalue weighted by Crippen LogP contribution is -2.32. The average Bonchev–Trinajstić information content (AvgIpc) is 2.33. The van der Waals surface area contributed by atoms with Gasteiger partial charge in [0.05, 0.1) is 0 Å². The van der Waals surface area contributed by atoms with Gasteiger partial charge in [0.2, 0.25) is 5.88 Å². The van der Waals surface area contributed by atoms with Crippen molar-refractivity contribution in [3.63, 3.8) is 0 Å². The van der Waals surface area contributed by atoms with Crippen molar-refractivity contribution in [3.8, 4) is 11.9 Å². The lowest BCUT2D eigenvalue weighted by molar-refractivity contribution is 0.141. The highest BCUT2D eigenvalue weighted by molar-refractivity contribution is 5.37. The Kier molecular flexibility index (Phi) is 3.37. The minimum absolute atomic E-state index is 0.154. The second-order valence-corrected chi connectivity index (χ2v) is 4.12. The van der Waals surface area contributed by atoms with Crippen LogP contribution >= 0.6 is 0 Å². The van der Waals surface area contributed by atoms with E-state index in [4.69, 9.17) is 15.7 Å². The van der Waals surface area contributed by atoms with Crippen LogP contribution in [0.3, 0.4) is 0 Å². The van der Waals surface area contributed by atoms with Gasteiger partial charge in [-0.2, -0.15) is 5.26 Å². The molecule has 0 spiro atoms. The van der Waals surface area contributed by atoms with Crippen LogP contribution in [0, 0.1) is 11.3 Å². The van der Waals surface area contributed by atoms with E-state index in [9.17, 15) is 0 Å². The van der Waals surface area contributed by atoms with E-state index >= 15 is 0 Å². The molecule has 4 heteroatoms. The van der Waals surface area contributed by atoms with Crippen LogP contribution in [0.25, 0.3) is 0 Å². The number of hydrogen-bond donors (Lipinski definition) is 1. The van der Waals surface area contributed by atoms with Crippen LogP contribution in [-0.2, 0) is 0 Å². The summed E-state index contributed by atoms with van der Waals surface area (Å²) in [6, 6.07) is 5.84. The molecule has 2 rings (SSSR count). The van der Waals surface area contributed by atoms with Crippen molar-refractivity contribution >= 4 is 0 Å². The standard InChI is InChI=1S/C12H15N3O/c13-8-9-2-1-7-15-12(9)16-11-5-3-10(14)4-6-11/h1-2,7,10-11H,3-6,14H2/t10-,11-. The molecule has 0 bridgehead atoms. The van der Waals surface area contributed by atoms with Crippen molar-refractivity contribution in [2.24, 2.45) is 5.73 Å². The van der Waals surface area contributed by atoms with Crippen molar-refractivity contribution in [3.05, 3.63) is 23.9 Å². The normalized spacial score (nSPS) is 24.8. The monoisotopic (exact) mass is 217 g/mol. The van der Waals surface area contributed by atoms with Crippen LogP contribution < -0.4 is 10.5 Å². The predicted molar refractivity (Wildman–Crippen MR) is 59.8 cm³/mol. The maximum absolute atomic E-state index is 8.90. The van der Waals surface area contributed by atoms with Crippen molar-refractivity contribution in [2.75, 3.05) is 0 Å². The van der Waals surface area contributed by atoms with Crippen molar-refractivity contribution < 1.29 is 4.74 Å². The average molecular weight is 217 g/mol. The van der Waals surface area contributed by atoms with Gasteiger partial charge in [-0.15, -0.1) is 0 Å². The summed E-state index contributed by atoms with van der Waals surface area (Å²) in [5.74, 6) is 0.450. The molecule has 16 heavy (non-hydrogen) atoms. The van der Waals surface area contributed by atoms with Gasteiger partial charge < -0.3 is 10.5 Å². The number of nitrogens with zero attached hydrogens (tertiary/aromatic N) is 2. The number of aromatic nitrogens is 1. The van der Waals surface area contributed by atoms with Gasteiger partial charge in [0, 0.05) is 12.2 Å². The Morgan fingerprint density at radius 2 is 2.12 bits per heavy atom. The maximum Gasteiger partial charge on any atom is 0.231 e. The first-order valence-corrected chi connectivity index (χ1v) is 5.57. The Bertz CT molecular complexity index is 391. The van der Waals surface area contributed by atoms with Crippen molar-refractivity contribution in [1.29, 1.82) is 5.26 Å². The first kappa shape index (κ1) is 10.9. The number of hydrogen-bond acceptors (Lipinski definition) is 4. The Morgan fingerprint density at radius 3 is 2.81 bits per heavy atom. The summed E-state index contributed by atoms with van der Waals surface area (Å²) in [5, 5.41) is 8.90. The number of nitrogens with two attached hydrogens (primary N) is 1. The van der Waals surface area contributed by atoms with E-state index in [2.05, 4.69) is 11.1 Å².